The van der Waals surface area contributed by atoms with Gasteiger partial charge in [-0.25, -0.2) is 4.79 Å². The van der Waals surface area contributed by atoms with Crippen molar-refractivity contribution in [3.63, 3.8) is 0 Å². The van der Waals surface area contributed by atoms with Crippen LogP contribution in [0.5, 0.6) is 0 Å². The van der Waals surface area contributed by atoms with Crippen LogP contribution >= 0.6 is 0 Å². The normalized spacial score (nSPS) is 20.9. The molecule has 7 nitrogen and oxygen atoms in total. The summed E-state index contributed by atoms with van der Waals surface area (Å²) in [7, 11) is 0. The summed E-state index contributed by atoms with van der Waals surface area (Å²) in [4.78, 5) is 27.8. The number of aromatic nitrogens is 2. The first kappa shape index (κ1) is 19.5. The number of ether oxygens (including phenoxy) is 1. The monoisotopic (exact) mass is 388 g/mol. The molecule has 0 radical (unpaired) electrons. The first-order valence-corrected chi connectivity index (χ1v) is 9.07. The SMILES string of the molecule is CCC[C@@H](C)N1CC2(CCN(C(=O)c3cc(C(F)(F)F)[nH]n3)CC2)OC1=O. The van der Waals surface area contributed by atoms with E-state index >= 15 is 0 Å². The van der Waals surface area contributed by atoms with Crippen LogP contribution < -0.4 is 0 Å². The molecule has 0 unspecified atom stereocenters. The third-order valence-electron chi connectivity index (χ3n) is 5.30. The fourth-order valence-electron chi connectivity index (χ4n) is 3.68. The Kier molecular flexibility index (Phi) is 5.09. The van der Waals surface area contributed by atoms with Gasteiger partial charge in [0.1, 0.15) is 11.3 Å². The summed E-state index contributed by atoms with van der Waals surface area (Å²) in [6.45, 7) is 5.12. The van der Waals surface area contributed by atoms with Crippen molar-refractivity contribution in [3.8, 4) is 0 Å². The number of H-pyrrole nitrogens is 1. The molecule has 2 saturated heterocycles. The van der Waals surface area contributed by atoms with Crippen molar-refractivity contribution >= 4 is 12.0 Å². The molecule has 3 heterocycles. The molecular formula is C17H23F3N4O3. The number of hydrogen-bond acceptors (Lipinski definition) is 4. The fourth-order valence-corrected chi connectivity index (χ4v) is 3.68. The van der Waals surface area contributed by atoms with Gasteiger partial charge < -0.3 is 14.5 Å². The molecular weight excluding hydrogens is 365 g/mol. The van der Waals surface area contributed by atoms with E-state index in [1.807, 2.05) is 12.0 Å². The van der Waals surface area contributed by atoms with Gasteiger partial charge in [-0.2, -0.15) is 18.3 Å². The van der Waals surface area contributed by atoms with Gasteiger partial charge >= 0.3 is 12.3 Å². The van der Waals surface area contributed by atoms with E-state index in [4.69, 9.17) is 4.74 Å². The Bertz CT molecular complexity index is 711. The molecule has 10 heteroatoms. The lowest BCUT2D eigenvalue weighted by atomic mass is 9.90. The first-order chi connectivity index (χ1) is 12.6. The van der Waals surface area contributed by atoms with Gasteiger partial charge in [-0.3, -0.25) is 9.89 Å². The Hall–Kier alpha value is -2.26. The van der Waals surface area contributed by atoms with E-state index in [2.05, 4.69) is 12.0 Å². The van der Waals surface area contributed by atoms with Crippen LogP contribution in [0.4, 0.5) is 18.0 Å². The van der Waals surface area contributed by atoms with Crippen molar-refractivity contribution in [1.82, 2.24) is 20.0 Å². The highest BCUT2D eigenvalue weighted by Gasteiger charge is 2.48. The fraction of sp³-hybridized carbons (Fsp3) is 0.706. The maximum absolute atomic E-state index is 12.7. The summed E-state index contributed by atoms with van der Waals surface area (Å²) in [5.41, 5.74) is -1.94. The molecule has 0 aliphatic carbocycles. The number of piperidine rings is 1. The van der Waals surface area contributed by atoms with Gasteiger partial charge in [0.25, 0.3) is 5.91 Å². The van der Waals surface area contributed by atoms with Crippen LogP contribution in [0.25, 0.3) is 0 Å². The van der Waals surface area contributed by atoms with Gasteiger partial charge in [0, 0.05) is 38.0 Å². The maximum atomic E-state index is 12.7. The Morgan fingerprint density at radius 1 is 1.41 bits per heavy atom. The quantitative estimate of drug-likeness (QED) is 0.860. The van der Waals surface area contributed by atoms with Crippen LogP contribution in [0.2, 0.25) is 0 Å². The van der Waals surface area contributed by atoms with Crippen LogP contribution in [0, 0.1) is 0 Å². The van der Waals surface area contributed by atoms with Crippen LogP contribution in [0.3, 0.4) is 0 Å². The number of likely N-dealkylation sites (tertiary alicyclic amines) is 1. The minimum atomic E-state index is -4.58. The van der Waals surface area contributed by atoms with Crippen molar-refractivity contribution in [2.75, 3.05) is 19.6 Å². The molecule has 0 saturated carbocycles. The molecule has 3 rings (SSSR count). The number of carbonyl (C=O) groups excluding carboxylic acids is 2. The lowest BCUT2D eigenvalue weighted by Crippen LogP contribution is -2.49. The van der Waals surface area contributed by atoms with Crippen molar-refractivity contribution < 1.29 is 27.5 Å². The van der Waals surface area contributed by atoms with E-state index in [9.17, 15) is 22.8 Å². The molecule has 0 aromatic carbocycles. The standard InChI is InChI=1S/C17H23F3N4O3/c1-3-4-11(2)24-10-16(27-15(24)26)5-7-23(8-6-16)14(25)12-9-13(22-21-12)17(18,19)20/h9,11H,3-8,10H2,1-2H3,(H,21,22)/t11-/m1/s1. The van der Waals surface area contributed by atoms with E-state index in [0.29, 0.717) is 32.5 Å². The Labute approximate surface area is 154 Å². The van der Waals surface area contributed by atoms with Crippen LogP contribution in [-0.2, 0) is 10.9 Å². The number of nitrogens with one attached hydrogen (secondary N) is 1. The summed E-state index contributed by atoms with van der Waals surface area (Å²) in [6, 6.07) is 0.808. The lowest BCUT2D eigenvalue weighted by Gasteiger charge is -2.37. The van der Waals surface area contributed by atoms with E-state index < -0.39 is 23.4 Å². The number of aromatic amines is 1. The molecule has 0 bridgehead atoms. The molecule has 27 heavy (non-hydrogen) atoms. The van der Waals surface area contributed by atoms with E-state index in [1.165, 1.54) is 4.90 Å². The predicted octanol–water partition coefficient (Wildman–Crippen LogP) is 3.04. The van der Waals surface area contributed by atoms with Crippen molar-refractivity contribution in [2.24, 2.45) is 0 Å². The Morgan fingerprint density at radius 2 is 2.07 bits per heavy atom. The summed E-state index contributed by atoms with van der Waals surface area (Å²) < 4.78 is 43.6. The van der Waals surface area contributed by atoms with Gasteiger partial charge in [0.2, 0.25) is 0 Å². The second-order valence-electron chi connectivity index (χ2n) is 7.27. The minimum absolute atomic E-state index is 0.0892. The number of nitrogens with zero attached hydrogens (tertiary/aromatic N) is 3. The number of amides is 2. The average Bonchev–Trinajstić information content (AvgIpc) is 3.21. The summed E-state index contributed by atoms with van der Waals surface area (Å²) in [5, 5.41) is 5.34. The largest absolute Gasteiger partial charge is 0.441 e. The number of carbonyl (C=O) groups is 2. The van der Waals surface area contributed by atoms with Crippen molar-refractivity contribution in [1.29, 1.82) is 0 Å². The number of halogens is 3. The molecule has 1 atom stereocenters. The number of hydrogen-bond donors (Lipinski definition) is 1. The second kappa shape index (κ2) is 7.05. The van der Waals surface area contributed by atoms with E-state index in [0.717, 1.165) is 18.9 Å². The summed E-state index contributed by atoms with van der Waals surface area (Å²) >= 11 is 0. The third kappa shape index (κ3) is 3.89. The molecule has 2 amide bonds. The molecule has 150 valence electrons. The molecule has 1 aromatic rings. The third-order valence-corrected chi connectivity index (χ3v) is 5.30. The van der Waals surface area contributed by atoms with Gasteiger partial charge in [-0.1, -0.05) is 13.3 Å². The first-order valence-electron chi connectivity index (χ1n) is 9.07. The highest BCUT2D eigenvalue weighted by molar-refractivity contribution is 5.92. The molecule has 1 N–H and O–H groups in total. The molecule has 2 aliphatic heterocycles. The van der Waals surface area contributed by atoms with Crippen LogP contribution in [0.1, 0.15) is 55.7 Å². The van der Waals surface area contributed by atoms with Gasteiger partial charge in [0.05, 0.1) is 6.54 Å². The van der Waals surface area contributed by atoms with Gasteiger partial charge in [0.15, 0.2) is 5.69 Å². The molecule has 2 fully saturated rings. The Balaban J connectivity index is 1.61. The highest BCUT2D eigenvalue weighted by Crippen LogP contribution is 2.35. The van der Waals surface area contributed by atoms with Gasteiger partial charge in [-0.05, 0) is 13.3 Å². The molecule has 1 spiro atoms. The zero-order chi connectivity index (χ0) is 19.8. The molecule has 2 aliphatic rings. The average molecular weight is 388 g/mol. The zero-order valence-electron chi connectivity index (χ0n) is 15.3. The predicted molar refractivity (Wildman–Crippen MR) is 89.0 cm³/mol. The van der Waals surface area contributed by atoms with Crippen molar-refractivity contribution in [2.45, 2.75) is 57.3 Å². The summed E-state index contributed by atoms with van der Waals surface area (Å²) in [5.74, 6) is -0.558. The minimum Gasteiger partial charge on any atom is -0.441 e. The number of rotatable bonds is 4. The van der Waals surface area contributed by atoms with E-state index in [-0.39, 0.29) is 17.8 Å². The lowest BCUT2D eigenvalue weighted by molar-refractivity contribution is -0.141. The molecule has 1 aromatic heterocycles. The van der Waals surface area contributed by atoms with Crippen LogP contribution in [-0.4, -0.2) is 63.3 Å². The maximum Gasteiger partial charge on any atom is 0.432 e. The zero-order valence-corrected chi connectivity index (χ0v) is 15.3. The summed E-state index contributed by atoms with van der Waals surface area (Å²) in [6.07, 6.45) is -2.15. The van der Waals surface area contributed by atoms with Gasteiger partial charge in [-0.15, -0.1) is 0 Å². The van der Waals surface area contributed by atoms with Crippen LogP contribution in [0.15, 0.2) is 6.07 Å². The number of alkyl halides is 3. The van der Waals surface area contributed by atoms with E-state index in [1.54, 1.807) is 4.90 Å². The smallest absolute Gasteiger partial charge is 0.432 e. The topological polar surface area (TPSA) is 78.5 Å². The highest BCUT2D eigenvalue weighted by atomic mass is 19.4. The Morgan fingerprint density at radius 3 is 2.63 bits per heavy atom. The van der Waals surface area contributed by atoms with Crippen molar-refractivity contribution in [3.05, 3.63) is 17.5 Å². The second-order valence-corrected chi connectivity index (χ2v) is 7.27.